The summed E-state index contributed by atoms with van der Waals surface area (Å²) in [6.07, 6.45) is 2.12. The molecular weight excluding hydrogens is 402 g/mol. The van der Waals surface area contributed by atoms with Crippen LogP contribution in [0.4, 0.5) is 8.78 Å². The van der Waals surface area contributed by atoms with Crippen molar-refractivity contribution >= 4 is 17.8 Å². The number of ether oxygens (including phenoxy) is 1. The summed E-state index contributed by atoms with van der Waals surface area (Å²) in [5.41, 5.74) is 2.89. The Bertz CT molecular complexity index is 1230. The third-order valence-corrected chi connectivity index (χ3v) is 5.22. The Hall–Kier alpha value is -3.80. The molecule has 0 amide bonds. The van der Waals surface area contributed by atoms with E-state index in [9.17, 15) is 18.4 Å². The highest BCUT2D eigenvalue weighted by atomic mass is 19.1. The van der Waals surface area contributed by atoms with Crippen LogP contribution < -0.4 is 4.74 Å². The number of carboxylic acid groups (broad SMARTS) is 1. The summed E-state index contributed by atoms with van der Waals surface area (Å²) in [6, 6.07) is 13.6. The Morgan fingerprint density at radius 2 is 1.84 bits per heavy atom. The van der Waals surface area contributed by atoms with Crippen molar-refractivity contribution < 1.29 is 28.2 Å². The molecule has 0 unspecified atom stereocenters. The molecule has 156 valence electrons. The van der Waals surface area contributed by atoms with Crippen molar-refractivity contribution in [3.8, 4) is 5.75 Å². The smallest absolute Gasteiger partial charge is 0.335 e. The number of hydrogen-bond acceptors (Lipinski definition) is 3. The van der Waals surface area contributed by atoms with E-state index in [1.807, 2.05) is 6.07 Å². The molecule has 1 N–H and O–H groups in total. The van der Waals surface area contributed by atoms with Crippen molar-refractivity contribution in [1.82, 2.24) is 0 Å². The summed E-state index contributed by atoms with van der Waals surface area (Å²) in [5, 5.41) is 9.00. The van der Waals surface area contributed by atoms with Crippen molar-refractivity contribution in [1.29, 1.82) is 0 Å². The van der Waals surface area contributed by atoms with Gasteiger partial charge in [-0.3, -0.25) is 4.79 Å². The quantitative estimate of drug-likeness (QED) is 0.564. The standard InChI is InChI=1S/C25H18F2O4/c1-14-9-21(27)19(12-20(14)26)13-31-22-4-2-3-17-11-18(24(28)23(17)22)10-15-5-7-16(8-6-15)25(29)30/h2-10,12H,11,13H2,1H3,(H,29,30)/b18-10+. The zero-order chi connectivity index (χ0) is 22.1. The molecule has 0 heterocycles. The first kappa shape index (κ1) is 20.5. The summed E-state index contributed by atoms with van der Waals surface area (Å²) in [6.45, 7) is 1.28. The number of halogens is 2. The number of carbonyl (C=O) groups excluding carboxylic acids is 1. The van der Waals surface area contributed by atoms with E-state index in [2.05, 4.69) is 0 Å². The minimum atomic E-state index is -1.02. The highest BCUT2D eigenvalue weighted by molar-refractivity contribution is 6.17. The van der Waals surface area contributed by atoms with Gasteiger partial charge in [0.05, 0.1) is 11.1 Å². The van der Waals surface area contributed by atoms with E-state index in [1.54, 1.807) is 30.3 Å². The van der Waals surface area contributed by atoms with Crippen molar-refractivity contribution in [2.45, 2.75) is 20.0 Å². The van der Waals surface area contributed by atoms with Crippen LogP contribution in [0.3, 0.4) is 0 Å². The highest BCUT2D eigenvalue weighted by Gasteiger charge is 2.28. The van der Waals surface area contributed by atoms with E-state index >= 15 is 0 Å². The van der Waals surface area contributed by atoms with Gasteiger partial charge in [-0.15, -0.1) is 0 Å². The van der Waals surface area contributed by atoms with Gasteiger partial charge in [-0.05, 0) is 60.0 Å². The molecule has 0 spiro atoms. The first-order chi connectivity index (χ1) is 14.8. The summed E-state index contributed by atoms with van der Waals surface area (Å²) in [7, 11) is 0. The van der Waals surface area contributed by atoms with E-state index < -0.39 is 17.6 Å². The predicted molar refractivity (Wildman–Crippen MR) is 111 cm³/mol. The number of allylic oxidation sites excluding steroid dienone is 1. The molecule has 1 aliphatic carbocycles. The van der Waals surface area contributed by atoms with Crippen molar-refractivity contribution in [3.05, 3.63) is 105 Å². The summed E-state index contributed by atoms with van der Waals surface area (Å²) in [4.78, 5) is 24.0. The topological polar surface area (TPSA) is 63.6 Å². The van der Waals surface area contributed by atoms with Crippen LogP contribution >= 0.6 is 0 Å². The van der Waals surface area contributed by atoms with Crippen LogP contribution in [0.15, 0.2) is 60.2 Å². The number of aryl methyl sites for hydroxylation is 1. The number of hydrogen-bond donors (Lipinski definition) is 1. The van der Waals surface area contributed by atoms with Gasteiger partial charge in [0.15, 0.2) is 5.78 Å². The van der Waals surface area contributed by atoms with Crippen molar-refractivity contribution in [2.24, 2.45) is 0 Å². The fourth-order valence-electron chi connectivity index (χ4n) is 3.54. The molecule has 4 nitrogen and oxygen atoms in total. The van der Waals surface area contributed by atoms with E-state index in [0.717, 1.165) is 17.7 Å². The first-order valence-corrected chi connectivity index (χ1v) is 9.61. The zero-order valence-corrected chi connectivity index (χ0v) is 16.6. The Kier molecular flexibility index (Phi) is 5.38. The van der Waals surface area contributed by atoms with E-state index in [1.165, 1.54) is 19.1 Å². The molecule has 3 aromatic carbocycles. The van der Waals surface area contributed by atoms with Crippen LogP contribution in [0.25, 0.3) is 6.08 Å². The second-order valence-electron chi connectivity index (χ2n) is 7.37. The van der Waals surface area contributed by atoms with Gasteiger partial charge in [-0.2, -0.15) is 0 Å². The Balaban J connectivity index is 1.57. The van der Waals surface area contributed by atoms with Gasteiger partial charge in [0.2, 0.25) is 0 Å². The lowest BCUT2D eigenvalue weighted by molar-refractivity contribution is 0.0696. The summed E-state index contributed by atoms with van der Waals surface area (Å²) in [5.74, 6) is -2.00. The minimum Gasteiger partial charge on any atom is -0.488 e. The molecular formula is C25H18F2O4. The van der Waals surface area contributed by atoms with Crippen LogP contribution in [-0.4, -0.2) is 16.9 Å². The zero-order valence-electron chi connectivity index (χ0n) is 16.6. The van der Waals surface area contributed by atoms with Gasteiger partial charge in [0, 0.05) is 17.6 Å². The van der Waals surface area contributed by atoms with E-state index in [0.29, 0.717) is 28.9 Å². The maximum Gasteiger partial charge on any atom is 0.335 e. The fraction of sp³-hybridized carbons (Fsp3) is 0.120. The van der Waals surface area contributed by atoms with Crippen LogP contribution in [-0.2, 0) is 13.0 Å². The molecule has 0 saturated carbocycles. The minimum absolute atomic E-state index is 0.0698. The Morgan fingerprint density at radius 1 is 1.10 bits per heavy atom. The molecule has 1 aliphatic rings. The third-order valence-electron chi connectivity index (χ3n) is 5.22. The number of fused-ring (bicyclic) bond motifs is 1. The van der Waals surface area contributed by atoms with E-state index in [4.69, 9.17) is 9.84 Å². The summed E-state index contributed by atoms with van der Waals surface area (Å²) >= 11 is 0. The molecule has 0 aliphatic heterocycles. The number of carbonyl (C=O) groups is 2. The van der Waals surface area contributed by atoms with Crippen LogP contribution in [0.1, 0.15) is 43.0 Å². The average Bonchev–Trinajstić information content (AvgIpc) is 3.06. The van der Waals surface area contributed by atoms with Crippen LogP contribution in [0, 0.1) is 18.6 Å². The number of carboxylic acids is 1. The van der Waals surface area contributed by atoms with Crippen LogP contribution in [0.2, 0.25) is 0 Å². The highest BCUT2D eigenvalue weighted by Crippen LogP contribution is 2.35. The molecule has 4 rings (SSSR count). The largest absolute Gasteiger partial charge is 0.488 e. The maximum atomic E-state index is 14.1. The number of ketones is 1. The molecule has 0 radical (unpaired) electrons. The average molecular weight is 420 g/mol. The monoisotopic (exact) mass is 420 g/mol. The molecule has 0 fully saturated rings. The fourth-order valence-corrected chi connectivity index (χ4v) is 3.54. The van der Waals surface area contributed by atoms with Crippen molar-refractivity contribution in [3.63, 3.8) is 0 Å². The number of benzene rings is 3. The summed E-state index contributed by atoms with van der Waals surface area (Å²) < 4.78 is 33.6. The molecule has 0 atom stereocenters. The number of rotatable bonds is 5. The van der Waals surface area contributed by atoms with Crippen molar-refractivity contribution in [2.75, 3.05) is 0 Å². The molecule has 3 aromatic rings. The SMILES string of the molecule is Cc1cc(F)c(COc2cccc3c2C(=O)/C(=C/c2ccc(C(=O)O)cc2)C3)cc1F. The second kappa shape index (κ2) is 8.14. The molecule has 0 saturated heterocycles. The maximum absolute atomic E-state index is 14.1. The van der Waals surface area contributed by atoms with Gasteiger partial charge in [-0.1, -0.05) is 24.3 Å². The van der Waals surface area contributed by atoms with E-state index in [-0.39, 0.29) is 29.1 Å². The van der Waals surface area contributed by atoms with Gasteiger partial charge in [0.25, 0.3) is 0 Å². The molecule has 31 heavy (non-hydrogen) atoms. The molecule has 0 aromatic heterocycles. The second-order valence-corrected chi connectivity index (χ2v) is 7.37. The number of Topliss-reactive ketones (excluding diaryl/α,β-unsaturated/α-hetero) is 1. The molecule has 6 heteroatoms. The van der Waals surface area contributed by atoms with Gasteiger partial charge in [0.1, 0.15) is 24.0 Å². The normalized spacial score (nSPS) is 14.0. The Morgan fingerprint density at radius 3 is 2.55 bits per heavy atom. The predicted octanol–water partition coefficient (Wildman–Crippen LogP) is 5.37. The van der Waals surface area contributed by atoms with Gasteiger partial charge >= 0.3 is 5.97 Å². The van der Waals surface area contributed by atoms with Gasteiger partial charge < -0.3 is 9.84 Å². The van der Waals surface area contributed by atoms with Crippen LogP contribution in [0.5, 0.6) is 5.75 Å². The number of aromatic carboxylic acids is 1. The van der Waals surface area contributed by atoms with Gasteiger partial charge in [-0.25, -0.2) is 13.6 Å². The Labute approximate surface area is 177 Å². The molecule has 0 bridgehead atoms. The lowest BCUT2D eigenvalue weighted by Gasteiger charge is -2.11. The first-order valence-electron chi connectivity index (χ1n) is 9.61. The lowest BCUT2D eigenvalue weighted by atomic mass is 10.1. The lowest BCUT2D eigenvalue weighted by Crippen LogP contribution is -2.04. The third kappa shape index (κ3) is 4.10.